The molecule has 2 aromatic rings. The summed E-state index contributed by atoms with van der Waals surface area (Å²) in [6.45, 7) is 1.82. The molecule has 1 saturated heterocycles. The van der Waals surface area contributed by atoms with E-state index in [9.17, 15) is 9.59 Å². The summed E-state index contributed by atoms with van der Waals surface area (Å²) in [7, 11) is 3.08. The van der Waals surface area contributed by atoms with Gasteiger partial charge in [-0.05, 0) is 18.2 Å². The summed E-state index contributed by atoms with van der Waals surface area (Å²) in [4.78, 5) is 36.5. The maximum Gasteiger partial charge on any atom is 0.274 e. The largest absolute Gasteiger partial charge is 0.493 e. The first-order valence-corrected chi connectivity index (χ1v) is 8.20. The zero-order valence-electron chi connectivity index (χ0n) is 14.7. The summed E-state index contributed by atoms with van der Waals surface area (Å²) >= 11 is 0. The van der Waals surface area contributed by atoms with Gasteiger partial charge in [0, 0.05) is 44.1 Å². The molecule has 8 nitrogen and oxygen atoms in total. The van der Waals surface area contributed by atoms with Crippen LogP contribution in [0.25, 0.3) is 0 Å². The minimum atomic E-state index is -0.170. The number of hydrogen-bond acceptors (Lipinski definition) is 6. The van der Waals surface area contributed by atoms with Crippen molar-refractivity contribution in [3.05, 3.63) is 48.0 Å². The number of methoxy groups -OCH3 is 2. The highest BCUT2D eigenvalue weighted by atomic mass is 16.5. The molecule has 136 valence electrons. The monoisotopic (exact) mass is 356 g/mol. The fourth-order valence-corrected chi connectivity index (χ4v) is 2.84. The zero-order chi connectivity index (χ0) is 18.5. The third-order valence-corrected chi connectivity index (χ3v) is 4.27. The Bertz CT molecular complexity index is 789. The summed E-state index contributed by atoms with van der Waals surface area (Å²) in [5.41, 5.74) is 0.837. The second-order valence-corrected chi connectivity index (χ2v) is 5.74. The van der Waals surface area contributed by atoms with Crippen LogP contribution in [0.5, 0.6) is 11.5 Å². The lowest BCUT2D eigenvalue weighted by Crippen LogP contribution is -2.50. The number of ether oxygens (including phenoxy) is 2. The van der Waals surface area contributed by atoms with Gasteiger partial charge in [0.2, 0.25) is 0 Å². The number of piperazine rings is 1. The summed E-state index contributed by atoms with van der Waals surface area (Å²) in [6.07, 6.45) is 4.46. The molecule has 0 saturated carbocycles. The molecule has 3 rings (SSSR count). The number of aromatic nitrogens is 2. The van der Waals surface area contributed by atoms with E-state index in [1.807, 2.05) is 0 Å². The molecule has 1 aliphatic rings. The topological polar surface area (TPSA) is 84.9 Å². The first kappa shape index (κ1) is 17.7. The molecule has 26 heavy (non-hydrogen) atoms. The molecule has 0 N–H and O–H groups in total. The lowest BCUT2D eigenvalue weighted by Gasteiger charge is -2.34. The van der Waals surface area contributed by atoms with E-state index in [1.54, 1.807) is 35.1 Å². The van der Waals surface area contributed by atoms with Crippen molar-refractivity contribution in [3.8, 4) is 11.5 Å². The van der Waals surface area contributed by atoms with Crippen LogP contribution in [0.3, 0.4) is 0 Å². The normalized spacial score (nSPS) is 14.1. The van der Waals surface area contributed by atoms with Gasteiger partial charge in [-0.1, -0.05) is 0 Å². The van der Waals surface area contributed by atoms with Crippen molar-refractivity contribution in [2.24, 2.45) is 0 Å². The van der Waals surface area contributed by atoms with Crippen LogP contribution in [-0.4, -0.2) is 72.0 Å². The Labute approximate surface area is 151 Å². The van der Waals surface area contributed by atoms with Gasteiger partial charge in [-0.25, -0.2) is 4.98 Å². The highest BCUT2D eigenvalue weighted by Gasteiger charge is 2.26. The first-order chi connectivity index (χ1) is 12.6. The third kappa shape index (κ3) is 3.58. The Morgan fingerprint density at radius 1 is 0.923 bits per heavy atom. The van der Waals surface area contributed by atoms with Gasteiger partial charge in [-0.2, -0.15) is 0 Å². The van der Waals surface area contributed by atoms with E-state index in [4.69, 9.17) is 9.47 Å². The maximum absolute atomic E-state index is 12.7. The Balaban J connectivity index is 1.64. The van der Waals surface area contributed by atoms with Gasteiger partial charge < -0.3 is 19.3 Å². The van der Waals surface area contributed by atoms with Crippen LogP contribution in [-0.2, 0) is 0 Å². The fraction of sp³-hybridized carbons (Fsp3) is 0.333. The zero-order valence-corrected chi connectivity index (χ0v) is 14.7. The van der Waals surface area contributed by atoms with E-state index in [0.29, 0.717) is 48.9 Å². The number of carbonyl (C=O) groups excluding carboxylic acids is 2. The quantitative estimate of drug-likeness (QED) is 0.815. The molecule has 1 aromatic heterocycles. The van der Waals surface area contributed by atoms with E-state index < -0.39 is 0 Å². The van der Waals surface area contributed by atoms with Crippen LogP contribution < -0.4 is 9.47 Å². The van der Waals surface area contributed by atoms with E-state index in [0.717, 1.165) is 0 Å². The van der Waals surface area contributed by atoms with Crippen molar-refractivity contribution in [2.75, 3.05) is 40.4 Å². The lowest BCUT2D eigenvalue weighted by atomic mass is 10.1. The van der Waals surface area contributed by atoms with Crippen LogP contribution in [0.2, 0.25) is 0 Å². The van der Waals surface area contributed by atoms with E-state index in [1.165, 1.54) is 25.7 Å². The molecule has 1 aromatic carbocycles. The molecule has 0 spiro atoms. The number of hydrogen-bond donors (Lipinski definition) is 0. The lowest BCUT2D eigenvalue weighted by molar-refractivity contribution is 0.0532. The van der Waals surface area contributed by atoms with Crippen molar-refractivity contribution in [1.82, 2.24) is 19.8 Å². The maximum atomic E-state index is 12.7. The molecule has 0 radical (unpaired) electrons. The molecule has 0 unspecified atom stereocenters. The predicted octanol–water partition coefficient (Wildman–Crippen LogP) is 1.09. The number of carbonyl (C=O) groups is 2. The second-order valence-electron chi connectivity index (χ2n) is 5.74. The summed E-state index contributed by atoms with van der Waals surface area (Å²) < 4.78 is 10.4. The Kier molecular flexibility index (Phi) is 5.31. The van der Waals surface area contributed by atoms with Crippen LogP contribution in [0, 0.1) is 0 Å². The number of rotatable bonds is 4. The Hall–Kier alpha value is -3.16. The van der Waals surface area contributed by atoms with E-state index in [-0.39, 0.29) is 11.8 Å². The van der Waals surface area contributed by atoms with Crippen molar-refractivity contribution >= 4 is 11.8 Å². The van der Waals surface area contributed by atoms with Gasteiger partial charge >= 0.3 is 0 Å². The smallest absolute Gasteiger partial charge is 0.274 e. The molecule has 2 heterocycles. The van der Waals surface area contributed by atoms with Crippen LogP contribution in [0.4, 0.5) is 0 Å². The Morgan fingerprint density at radius 3 is 2.15 bits per heavy atom. The van der Waals surface area contributed by atoms with Crippen molar-refractivity contribution < 1.29 is 19.1 Å². The SMILES string of the molecule is COc1ccc(C(=O)N2CCN(C(=O)c3cnccn3)CC2)cc1OC. The van der Waals surface area contributed by atoms with E-state index >= 15 is 0 Å². The highest BCUT2D eigenvalue weighted by Crippen LogP contribution is 2.28. The van der Waals surface area contributed by atoms with Gasteiger partial charge in [-0.15, -0.1) is 0 Å². The summed E-state index contributed by atoms with van der Waals surface area (Å²) in [6, 6.07) is 5.08. The van der Waals surface area contributed by atoms with Crippen molar-refractivity contribution in [3.63, 3.8) is 0 Å². The summed E-state index contributed by atoms with van der Waals surface area (Å²) in [5, 5.41) is 0. The van der Waals surface area contributed by atoms with Crippen LogP contribution in [0.1, 0.15) is 20.8 Å². The van der Waals surface area contributed by atoms with Gasteiger partial charge in [0.05, 0.1) is 20.4 Å². The molecular weight excluding hydrogens is 336 g/mol. The second kappa shape index (κ2) is 7.81. The number of nitrogens with zero attached hydrogens (tertiary/aromatic N) is 4. The first-order valence-electron chi connectivity index (χ1n) is 8.20. The molecule has 0 bridgehead atoms. The number of benzene rings is 1. The summed E-state index contributed by atoms with van der Waals surface area (Å²) in [5.74, 6) is 0.812. The standard InChI is InChI=1S/C18H20N4O4/c1-25-15-4-3-13(11-16(15)26-2)17(23)21-7-9-22(10-8-21)18(24)14-12-19-5-6-20-14/h3-6,11-12H,7-10H2,1-2H3. The predicted molar refractivity (Wildman–Crippen MR) is 93.4 cm³/mol. The van der Waals surface area contributed by atoms with E-state index in [2.05, 4.69) is 9.97 Å². The average molecular weight is 356 g/mol. The minimum Gasteiger partial charge on any atom is -0.493 e. The molecule has 8 heteroatoms. The number of amides is 2. The van der Waals surface area contributed by atoms with Crippen LogP contribution >= 0.6 is 0 Å². The average Bonchev–Trinajstić information content (AvgIpc) is 2.73. The molecule has 0 aliphatic carbocycles. The third-order valence-electron chi connectivity index (χ3n) is 4.27. The molecular formula is C18H20N4O4. The van der Waals surface area contributed by atoms with Crippen molar-refractivity contribution in [1.29, 1.82) is 0 Å². The minimum absolute atomic E-state index is 0.0995. The van der Waals surface area contributed by atoms with Crippen LogP contribution in [0.15, 0.2) is 36.8 Å². The van der Waals surface area contributed by atoms with Gasteiger partial charge in [0.15, 0.2) is 11.5 Å². The van der Waals surface area contributed by atoms with Gasteiger partial charge in [0.25, 0.3) is 11.8 Å². The Morgan fingerprint density at radius 2 is 1.58 bits per heavy atom. The molecule has 1 aliphatic heterocycles. The molecule has 2 amide bonds. The highest BCUT2D eigenvalue weighted by molar-refractivity contribution is 5.95. The van der Waals surface area contributed by atoms with Crippen molar-refractivity contribution in [2.45, 2.75) is 0 Å². The molecule has 0 atom stereocenters. The van der Waals surface area contributed by atoms with Gasteiger partial charge in [-0.3, -0.25) is 14.6 Å². The fourth-order valence-electron chi connectivity index (χ4n) is 2.84. The van der Waals surface area contributed by atoms with Gasteiger partial charge in [0.1, 0.15) is 5.69 Å². The molecule has 1 fully saturated rings.